The summed E-state index contributed by atoms with van der Waals surface area (Å²) in [6, 6.07) is 3.97. The van der Waals surface area contributed by atoms with Crippen molar-refractivity contribution in [1.29, 1.82) is 0 Å². The number of rotatable bonds is 4. The maximum Gasteiger partial charge on any atom is 0.274 e. The van der Waals surface area contributed by atoms with Gasteiger partial charge in [0.05, 0.1) is 12.2 Å². The van der Waals surface area contributed by atoms with Crippen LogP contribution in [-0.2, 0) is 19.5 Å². The molecule has 3 aromatic rings. The van der Waals surface area contributed by atoms with Crippen molar-refractivity contribution in [2.24, 2.45) is 0 Å². The predicted molar refractivity (Wildman–Crippen MR) is 96.8 cm³/mol. The number of fused-ring (bicyclic) bond motifs is 1. The standard InChI is InChI=1S/C18H21N5OS/c1-12(2)17-19-5-7-22(17)11-14-9-15(21-20-14)18(24)23-6-3-16-13(10-23)4-8-25-16/h4-5,7-9,12H,3,6,10-11H2,1-2H3,(H,20,21). The normalized spacial score (nSPS) is 14.1. The highest BCUT2D eigenvalue weighted by Gasteiger charge is 2.24. The first kappa shape index (κ1) is 16.1. The van der Waals surface area contributed by atoms with Crippen LogP contribution < -0.4 is 0 Å². The Labute approximate surface area is 150 Å². The maximum atomic E-state index is 12.8. The van der Waals surface area contributed by atoms with Gasteiger partial charge in [-0.05, 0) is 29.5 Å². The number of carbonyl (C=O) groups excluding carboxylic acids is 1. The number of imidazole rings is 1. The lowest BCUT2D eigenvalue weighted by Crippen LogP contribution is -2.35. The van der Waals surface area contributed by atoms with Gasteiger partial charge < -0.3 is 9.47 Å². The molecule has 0 spiro atoms. The lowest BCUT2D eigenvalue weighted by atomic mass is 10.1. The van der Waals surface area contributed by atoms with Gasteiger partial charge >= 0.3 is 0 Å². The molecule has 0 atom stereocenters. The zero-order valence-electron chi connectivity index (χ0n) is 14.4. The van der Waals surface area contributed by atoms with Crippen LogP contribution in [0.2, 0.25) is 0 Å². The molecule has 25 heavy (non-hydrogen) atoms. The summed E-state index contributed by atoms with van der Waals surface area (Å²) in [4.78, 5) is 20.4. The van der Waals surface area contributed by atoms with Gasteiger partial charge in [-0.3, -0.25) is 9.89 Å². The molecule has 0 fully saturated rings. The Balaban J connectivity index is 1.48. The second kappa shape index (κ2) is 6.48. The highest BCUT2D eigenvalue weighted by molar-refractivity contribution is 7.10. The van der Waals surface area contributed by atoms with E-state index in [0.29, 0.717) is 24.7 Å². The van der Waals surface area contributed by atoms with Crippen LogP contribution in [0.25, 0.3) is 0 Å². The molecule has 6 nitrogen and oxygen atoms in total. The molecule has 4 rings (SSSR count). The Morgan fingerprint density at radius 1 is 1.44 bits per heavy atom. The highest BCUT2D eigenvalue weighted by Crippen LogP contribution is 2.25. The van der Waals surface area contributed by atoms with E-state index in [2.05, 4.69) is 45.0 Å². The first-order valence-electron chi connectivity index (χ1n) is 8.51. The van der Waals surface area contributed by atoms with Gasteiger partial charge in [-0.25, -0.2) is 4.98 Å². The molecule has 7 heteroatoms. The smallest absolute Gasteiger partial charge is 0.274 e. The second-order valence-corrected chi connectivity index (χ2v) is 7.69. The summed E-state index contributed by atoms with van der Waals surface area (Å²) in [5, 5.41) is 9.34. The molecule has 130 valence electrons. The van der Waals surface area contributed by atoms with Crippen LogP contribution in [0, 0.1) is 0 Å². The van der Waals surface area contributed by atoms with E-state index < -0.39 is 0 Å². The molecule has 0 saturated heterocycles. The van der Waals surface area contributed by atoms with Gasteiger partial charge in [-0.15, -0.1) is 11.3 Å². The van der Waals surface area contributed by atoms with Gasteiger partial charge in [-0.1, -0.05) is 13.8 Å². The fraction of sp³-hybridized carbons (Fsp3) is 0.389. The Kier molecular flexibility index (Phi) is 4.17. The van der Waals surface area contributed by atoms with Crippen LogP contribution in [0.3, 0.4) is 0 Å². The van der Waals surface area contributed by atoms with Gasteiger partial charge in [0.2, 0.25) is 0 Å². The Morgan fingerprint density at radius 2 is 2.32 bits per heavy atom. The quantitative estimate of drug-likeness (QED) is 0.782. The maximum absolute atomic E-state index is 12.8. The van der Waals surface area contributed by atoms with Crippen molar-refractivity contribution >= 4 is 17.2 Å². The summed E-state index contributed by atoms with van der Waals surface area (Å²) in [5.41, 5.74) is 2.66. The number of hydrogen-bond acceptors (Lipinski definition) is 4. The van der Waals surface area contributed by atoms with Crippen LogP contribution >= 0.6 is 11.3 Å². The van der Waals surface area contributed by atoms with E-state index in [1.54, 1.807) is 11.3 Å². The van der Waals surface area contributed by atoms with Crippen molar-refractivity contribution in [3.8, 4) is 0 Å². The van der Waals surface area contributed by atoms with Crippen LogP contribution in [0.1, 0.15) is 52.2 Å². The molecule has 1 amide bonds. The van der Waals surface area contributed by atoms with E-state index in [4.69, 9.17) is 0 Å². The lowest BCUT2D eigenvalue weighted by Gasteiger charge is -2.26. The number of thiophene rings is 1. The first-order valence-corrected chi connectivity index (χ1v) is 9.39. The summed E-state index contributed by atoms with van der Waals surface area (Å²) in [7, 11) is 0. The zero-order chi connectivity index (χ0) is 17.4. The lowest BCUT2D eigenvalue weighted by molar-refractivity contribution is 0.0730. The number of nitrogens with one attached hydrogen (secondary N) is 1. The largest absolute Gasteiger partial charge is 0.333 e. The number of hydrogen-bond donors (Lipinski definition) is 1. The van der Waals surface area contributed by atoms with Gasteiger partial charge in [0.25, 0.3) is 5.91 Å². The molecule has 4 heterocycles. The number of aromatic amines is 1. The van der Waals surface area contributed by atoms with Crippen LogP contribution in [-0.4, -0.2) is 37.1 Å². The fourth-order valence-electron chi connectivity index (χ4n) is 3.27. The predicted octanol–water partition coefficient (Wildman–Crippen LogP) is 3.04. The molecule has 0 radical (unpaired) electrons. The van der Waals surface area contributed by atoms with Gasteiger partial charge in [0, 0.05) is 36.3 Å². The molecule has 1 N–H and O–H groups in total. The van der Waals surface area contributed by atoms with Crippen molar-refractivity contribution in [3.63, 3.8) is 0 Å². The third kappa shape index (κ3) is 3.11. The third-order valence-electron chi connectivity index (χ3n) is 4.55. The minimum atomic E-state index is -0.00550. The fourth-order valence-corrected chi connectivity index (χ4v) is 4.16. The molecule has 1 aliphatic rings. The topological polar surface area (TPSA) is 66.8 Å². The summed E-state index contributed by atoms with van der Waals surface area (Å²) < 4.78 is 2.09. The third-order valence-corrected chi connectivity index (χ3v) is 5.57. The van der Waals surface area contributed by atoms with Crippen molar-refractivity contribution < 1.29 is 4.79 Å². The molecule has 3 aromatic heterocycles. The first-order chi connectivity index (χ1) is 12.1. The minimum absolute atomic E-state index is 0.00550. The summed E-state index contributed by atoms with van der Waals surface area (Å²) >= 11 is 1.78. The molecule has 0 aliphatic carbocycles. The Morgan fingerprint density at radius 3 is 3.16 bits per heavy atom. The monoisotopic (exact) mass is 355 g/mol. The molecule has 0 aromatic carbocycles. The van der Waals surface area contributed by atoms with Crippen LogP contribution in [0.4, 0.5) is 0 Å². The molecule has 0 unspecified atom stereocenters. The number of nitrogens with zero attached hydrogens (tertiary/aromatic N) is 4. The summed E-state index contributed by atoms with van der Waals surface area (Å²) in [5.74, 6) is 1.38. The molecule has 0 bridgehead atoms. The zero-order valence-corrected chi connectivity index (χ0v) is 15.2. The van der Waals surface area contributed by atoms with Crippen LogP contribution in [0.5, 0.6) is 0 Å². The Bertz CT molecular complexity index is 891. The van der Waals surface area contributed by atoms with E-state index in [-0.39, 0.29) is 5.91 Å². The summed E-state index contributed by atoms with van der Waals surface area (Å²) in [6.07, 6.45) is 4.70. The van der Waals surface area contributed by atoms with E-state index in [0.717, 1.165) is 24.5 Å². The van der Waals surface area contributed by atoms with Crippen molar-refractivity contribution in [1.82, 2.24) is 24.6 Å². The Hall–Kier alpha value is -2.41. The van der Waals surface area contributed by atoms with E-state index >= 15 is 0 Å². The number of carbonyl (C=O) groups is 1. The number of aromatic nitrogens is 4. The van der Waals surface area contributed by atoms with Crippen molar-refractivity contribution in [2.75, 3.05) is 6.54 Å². The number of amides is 1. The van der Waals surface area contributed by atoms with Crippen molar-refractivity contribution in [3.05, 3.63) is 57.6 Å². The van der Waals surface area contributed by atoms with E-state index in [1.807, 2.05) is 23.4 Å². The minimum Gasteiger partial charge on any atom is -0.333 e. The SMILES string of the molecule is CC(C)c1nccn1Cc1cc(C(=O)N2CCc3sccc3C2)n[nH]1. The number of H-pyrrole nitrogens is 1. The summed E-state index contributed by atoms with van der Waals surface area (Å²) in [6.45, 7) is 6.32. The molecular formula is C18H21N5OS. The average Bonchev–Trinajstić information content (AvgIpc) is 3.34. The second-order valence-electron chi connectivity index (χ2n) is 6.69. The highest BCUT2D eigenvalue weighted by atomic mass is 32.1. The molecule has 0 saturated carbocycles. The molecule has 1 aliphatic heterocycles. The average molecular weight is 355 g/mol. The van der Waals surface area contributed by atoms with E-state index in [1.165, 1.54) is 10.4 Å². The molecular weight excluding hydrogens is 334 g/mol. The van der Waals surface area contributed by atoms with Gasteiger partial charge in [0.15, 0.2) is 0 Å². The van der Waals surface area contributed by atoms with Gasteiger partial charge in [-0.2, -0.15) is 5.10 Å². The van der Waals surface area contributed by atoms with E-state index in [9.17, 15) is 4.79 Å². The van der Waals surface area contributed by atoms with Crippen molar-refractivity contribution in [2.45, 2.75) is 39.3 Å². The van der Waals surface area contributed by atoms with Gasteiger partial charge in [0.1, 0.15) is 11.5 Å². The van der Waals surface area contributed by atoms with Crippen LogP contribution in [0.15, 0.2) is 29.9 Å².